The van der Waals surface area contributed by atoms with Crippen LogP contribution in [0.25, 0.3) is 0 Å². The second kappa shape index (κ2) is 6.15. The van der Waals surface area contributed by atoms with E-state index in [9.17, 15) is 4.79 Å². The van der Waals surface area contributed by atoms with Crippen molar-refractivity contribution in [3.8, 4) is 0 Å². The molecule has 0 bridgehead atoms. The summed E-state index contributed by atoms with van der Waals surface area (Å²) in [7, 11) is 0. The van der Waals surface area contributed by atoms with Gasteiger partial charge in [0.1, 0.15) is 3.92 Å². The van der Waals surface area contributed by atoms with Crippen LogP contribution < -0.4 is 0 Å². The number of carbonyl (C=O) groups excluding carboxylic acids is 1. The van der Waals surface area contributed by atoms with E-state index in [2.05, 4.69) is 38.5 Å². The molecule has 2 rings (SSSR count). The van der Waals surface area contributed by atoms with Crippen molar-refractivity contribution in [2.24, 2.45) is 0 Å². The lowest BCUT2D eigenvalue weighted by molar-refractivity contribution is -0.134. The van der Waals surface area contributed by atoms with Gasteiger partial charge in [-0.2, -0.15) is 0 Å². The number of ether oxygens (including phenoxy) is 1. The lowest BCUT2D eigenvalue weighted by Gasteiger charge is -2.28. The Bertz CT molecular complexity index is 390. The number of hydrogen-bond acceptors (Lipinski definition) is 2. The highest BCUT2D eigenvalue weighted by Crippen LogP contribution is 2.27. The van der Waals surface area contributed by atoms with Crippen LogP contribution in [0.5, 0.6) is 0 Å². The Kier molecular flexibility index (Phi) is 4.81. The zero-order valence-electron chi connectivity index (χ0n) is 9.23. The number of hydrogen-bond donors (Lipinski definition) is 0. The molecule has 0 spiro atoms. The van der Waals surface area contributed by atoms with Gasteiger partial charge >= 0.3 is 0 Å². The fourth-order valence-corrected chi connectivity index (χ4v) is 2.79. The molecule has 1 aliphatic heterocycles. The molecule has 17 heavy (non-hydrogen) atoms. The predicted molar refractivity (Wildman–Crippen MR) is 78.3 cm³/mol. The van der Waals surface area contributed by atoms with E-state index in [1.54, 1.807) is 0 Å². The second-order valence-electron chi connectivity index (χ2n) is 3.85. The Hall–Kier alpha value is -0.140. The minimum absolute atomic E-state index is 0.112. The Labute approximate surface area is 123 Å². The number of rotatable bonds is 2. The molecule has 1 fully saturated rings. The van der Waals surface area contributed by atoms with Crippen LogP contribution in [0.3, 0.4) is 0 Å². The molecule has 92 valence electrons. The Morgan fingerprint density at radius 1 is 1.29 bits per heavy atom. The Morgan fingerprint density at radius 2 is 1.88 bits per heavy atom. The fraction of sp³-hybridized carbons (Fsp3) is 0.417. The van der Waals surface area contributed by atoms with Crippen molar-refractivity contribution < 1.29 is 9.53 Å². The summed E-state index contributed by atoms with van der Waals surface area (Å²) < 4.78 is 6.17. The number of benzene rings is 1. The maximum Gasteiger partial charge on any atom is 0.240 e. The molecular weight excluding hydrogens is 397 g/mol. The van der Waals surface area contributed by atoms with Gasteiger partial charge < -0.3 is 9.64 Å². The normalized spacial score (nSPS) is 17.9. The van der Waals surface area contributed by atoms with E-state index >= 15 is 0 Å². The summed E-state index contributed by atoms with van der Waals surface area (Å²) in [6.45, 7) is 2.70. The summed E-state index contributed by atoms with van der Waals surface area (Å²) in [6.07, 6.45) is 0. The SMILES string of the molecule is O=C([C@H](I)c1ccc(Br)cc1)N1CCOCC1. The van der Waals surface area contributed by atoms with Gasteiger partial charge in [0.2, 0.25) is 5.91 Å². The maximum atomic E-state index is 12.2. The highest BCUT2D eigenvalue weighted by molar-refractivity contribution is 14.1. The number of nitrogens with zero attached hydrogens (tertiary/aromatic N) is 1. The van der Waals surface area contributed by atoms with Crippen LogP contribution in [-0.4, -0.2) is 37.1 Å². The highest BCUT2D eigenvalue weighted by Gasteiger charge is 2.24. The van der Waals surface area contributed by atoms with Gasteiger partial charge in [-0.3, -0.25) is 4.79 Å². The van der Waals surface area contributed by atoms with Crippen LogP contribution in [0, 0.1) is 0 Å². The van der Waals surface area contributed by atoms with Gasteiger partial charge in [-0.25, -0.2) is 0 Å². The zero-order chi connectivity index (χ0) is 12.3. The summed E-state index contributed by atoms with van der Waals surface area (Å²) >= 11 is 5.59. The first kappa shape index (κ1) is 13.3. The van der Waals surface area contributed by atoms with E-state index < -0.39 is 0 Å². The van der Waals surface area contributed by atoms with Crippen LogP contribution in [0.2, 0.25) is 0 Å². The van der Waals surface area contributed by atoms with Gasteiger partial charge in [-0.15, -0.1) is 0 Å². The first-order valence-electron chi connectivity index (χ1n) is 5.44. The van der Waals surface area contributed by atoms with Crippen molar-refractivity contribution >= 4 is 44.4 Å². The summed E-state index contributed by atoms with van der Waals surface area (Å²) in [5.74, 6) is 0.177. The van der Waals surface area contributed by atoms with Crippen molar-refractivity contribution in [2.45, 2.75) is 3.92 Å². The molecule has 0 radical (unpaired) electrons. The van der Waals surface area contributed by atoms with Crippen molar-refractivity contribution in [2.75, 3.05) is 26.3 Å². The first-order valence-corrected chi connectivity index (χ1v) is 7.48. The van der Waals surface area contributed by atoms with Crippen molar-refractivity contribution in [3.05, 3.63) is 34.3 Å². The molecule has 1 saturated heterocycles. The molecule has 0 aromatic heterocycles. The number of carbonyl (C=O) groups is 1. The largest absolute Gasteiger partial charge is 0.378 e. The Balaban J connectivity index is 2.05. The fourth-order valence-electron chi connectivity index (χ4n) is 1.72. The molecule has 0 N–H and O–H groups in total. The summed E-state index contributed by atoms with van der Waals surface area (Å²) in [5, 5.41) is 0. The average Bonchev–Trinajstić information content (AvgIpc) is 2.39. The molecule has 1 amide bonds. The van der Waals surface area contributed by atoms with Crippen molar-refractivity contribution in [1.29, 1.82) is 0 Å². The van der Waals surface area contributed by atoms with E-state index in [0.29, 0.717) is 26.3 Å². The summed E-state index contributed by atoms with van der Waals surface area (Å²) in [4.78, 5) is 14.1. The topological polar surface area (TPSA) is 29.5 Å². The van der Waals surface area contributed by atoms with E-state index in [0.717, 1.165) is 10.0 Å². The lowest BCUT2D eigenvalue weighted by atomic mass is 10.1. The van der Waals surface area contributed by atoms with Gasteiger partial charge in [0, 0.05) is 17.6 Å². The summed E-state index contributed by atoms with van der Waals surface area (Å²) in [6, 6.07) is 7.90. The van der Waals surface area contributed by atoms with E-state index in [1.165, 1.54) is 0 Å². The van der Waals surface area contributed by atoms with Gasteiger partial charge in [0.15, 0.2) is 0 Å². The molecule has 0 unspecified atom stereocenters. The van der Waals surface area contributed by atoms with Crippen LogP contribution in [0.4, 0.5) is 0 Å². The first-order chi connectivity index (χ1) is 8.18. The molecule has 5 heteroatoms. The molecule has 1 aromatic carbocycles. The third kappa shape index (κ3) is 3.42. The number of halogens is 2. The molecule has 0 saturated carbocycles. The maximum absolute atomic E-state index is 12.2. The molecule has 1 aromatic rings. The van der Waals surface area contributed by atoms with Crippen LogP contribution in [-0.2, 0) is 9.53 Å². The van der Waals surface area contributed by atoms with E-state index in [1.807, 2.05) is 29.2 Å². The van der Waals surface area contributed by atoms with E-state index in [-0.39, 0.29) is 9.83 Å². The van der Waals surface area contributed by atoms with Gasteiger partial charge in [0.25, 0.3) is 0 Å². The van der Waals surface area contributed by atoms with Crippen LogP contribution in [0.1, 0.15) is 9.49 Å². The van der Waals surface area contributed by atoms with Gasteiger partial charge in [-0.05, 0) is 17.7 Å². The quantitative estimate of drug-likeness (QED) is 0.555. The van der Waals surface area contributed by atoms with Crippen molar-refractivity contribution in [1.82, 2.24) is 4.90 Å². The zero-order valence-corrected chi connectivity index (χ0v) is 13.0. The molecule has 1 aliphatic rings. The third-order valence-electron chi connectivity index (χ3n) is 2.70. The number of amides is 1. The highest BCUT2D eigenvalue weighted by atomic mass is 127. The minimum atomic E-state index is -0.112. The monoisotopic (exact) mass is 409 g/mol. The number of alkyl halides is 1. The van der Waals surface area contributed by atoms with E-state index in [4.69, 9.17) is 4.74 Å². The minimum Gasteiger partial charge on any atom is -0.378 e. The molecular formula is C12H13BrINO2. The average molecular weight is 410 g/mol. The smallest absolute Gasteiger partial charge is 0.240 e. The standard InChI is InChI=1S/C12H13BrINO2/c13-10-3-1-9(2-4-10)11(14)12(16)15-5-7-17-8-6-15/h1-4,11H,5-8H2/t11-/m1/s1. The second-order valence-corrected chi connectivity index (χ2v) is 6.01. The number of morpholine rings is 1. The van der Waals surface area contributed by atoms with Crippen LogP contribution in [0.15, 0.2) is 28.7 Å². The van der Waals surface area contributed by atoms with Crippen molar-refractivity contribution in [3.63, 3.8) is 0 Å². The molecule has 1 heterocycles. The predicted octanol–water partition coefficient (Wildman–Crippen LogP) is 2.78. The third-order valence-corrected chi connectivity index (χ3v) is 4.48. The van der Waals surface area contributed by atoms with Gasteiger partial charge in [0.05, 0.1) is 13.2 Å². The molecule has 1 atom stereocenters. The van der Waals surface area contributed by atoms with Crippen LogP contribution >= 0.6 is 38.5 Å². The Morgan fingerprint density at radius 3 is 2.47 bits per heavy atom. The molecule has 3 nitrogen and oxygen atoms in total. The molecule has 0 aliphatic carbocycles. The lowest BCUT2D eigenvalue weighted by Crippen LogP contribution is -2.42. The summed E-state index contributed by atoms with van der Waals surface area (Å²) in [5.41, 5.74) is 1.05. The van der Waals surface area contributed by atoms with Gasteiger partial charge in [-0.1, -0.05) is 50.7 Å².